The van der Waals surface area contributed by atoms with Gasteiger partial charge in [-0.15, -0.1) is 0 Å². The minimum absolute atomic E-state index is 0.0299. The van der Waals surface area contributed by atoms with Gasteiger partial charge in [-0.25, -0.2) is 20.0 Å². The molecule has 11 nitrogen and oxygen atoms in total. The fraction of sp³-hybridized carbons (Fsp3) is 0.444. The standard InChI is InChI=1S/C27H28ClN7O4/c28-21-12-29-27(32-18-5-9-39-10-6-18)33-24(21)16-1-2-17-13-35(26(38)20(17)11-16)14-23(36)34-7-3-19-22(4-8-34)30-15-31-25(19)37/h1-2,11-12,15,18-19H,3-10,13-14H2,(H,29,32,33). The minimum atomic E-state index is -0.357. The third-order valence-corrected chi connectivity index (χ3v) is 7.95. The van der Waals surface area contributed by atoms with E-state index in [1.54, 1.807) is 22.1 Å². The van der Waals surface area contributed by atoms with Crippen molar-refractivity contribution in [2.75, 3.05) is 38.2 Å². The van der Waals surface area contributed by atoms with Gasteiger partial charge in [-0.1, -0.05) is 23.7 Å². The largest absolute Gasteiger partial charge is 0.381 e. The van der Waals surface area contributed by atoms with Gasteiger partial charge in [0.05, 0.1) is 22.8 Å². The topological polar surface area (TPSA) is 129 Å². The van der Waals surface area contributed by atoms with Crippen molar-refractivity contribution in [2.45, 2.75) is 38.3 Å². The zero-order chi connectivity index (χ0) is 26.9. The summed E-state index contributed by atoms with van der Waals surface area (Å²) in [6, 6.07) is 5.79. The number of hydrogen-bond acceptors (Lipinski definition) is 8. The van der Waals surface area contributed by atoms with Crippen LogP contribution in [-0.4, -0.2) is 88.4 Å². The molecule has 6 rings (SSSR count). The quantitative estimate of drug-likeness (QED) is 0.606. The van der Waals surface area contributed by atoms with Gasteiger partial charge in [-0.05, 0) is 30.9 Å². The van der Waals surface area contributed by atoms with Crippen LogP contribution in [0.1, 0.15) is 41.6 Å². The lowest BCUT2D eigenvalue weighted by molar-refractivity contribution is -0.132. The van der Waals surface area contributed by atoms with Crippen LogP contribution in [0.25, 0.3) is 11.3 Å². The summed E-state index contributed by atoms with van der Waals surface area (Å²) in [5, 5.41) is 3.74. The van der Waals surface area contributed by atoms with Crippen molar-refractivity contribution in [2.24, 2.45) is 15.9 Å². The molecule has 4 aliphatic heterocycles. The number of halogens is 1. The smallest absolute Gasteiger partial charge is 0.255 e. The van der Waals surface area contributed by atoms with Gasteiger partial charge >= 0.3 is 0 Å². The summed E-state index contributed by atoms with van der Waals surface area (Å²) >= 11 is 6.46. The summed E-state index contributed by atoms with van der Waals surface area (Å²) in [6.45, 7) is 2.62. The number of aliphatic imine (C=N–C) groups is 2. The first-order valence-electron chi connectivity index (χ1n) is 13.2. The summed E-state index contributed by atoms with van der Waals surface area (Å²) in [6.07, 6.45) is 5.62. The van der Waals surface area contributed by atoms with E-state index in [0.717, 1.165) is 24.1 Å². The predicted molar refractivity (Wildman–Crippen MR) is 145 cm³/mol. The van der Waals surface area contributed by atoms with Crippen molar-refractivity contribution in [3.05, 3.63) is 40.5 Å². The molecule has 3 amide bonds. The summed E-state index contributed by atoms with van der Waals surface area (Å²) in [5.74, 6) is -0.429. The Kier molecular flexibility index (Phi) is 7.09. The SMILES string of the molecule is O=C1N=CN=C2CCN(C(=O)CN3Cc4ccc(-c5nc(NC6CCOCC6)ncc5Cl)cc4C3=O)CCC12. The molecule has 2 aromatic rings. The van der Waals surface area contributed by atoms with E-state index < -0.39 is 0 Å². The zero-order valence-electron chi connectivity index (χ0n) is 21.3. The second kappa shape index (κ2) is 10.8. The maximum Gasteiger partial charge on any atom is 0.255 e. The minimum Gasteiger partial charge on any atom is -0.381 e. The van der Waals surface area contributed by atoms with Crippen molar-refractivity contribution in [3.8, 4) is 11.3 Å². The number of benzene rings is 1. The molecule has 0 radical (unpaired) electrons. The van der Waals surface area contributed by atoms with E-state index >= 15 is 0 Å². The summed E-state index contributed by atoms with van der Waals surface area (Å²) in [5.41, 5.74) is 3.41. The van der Waals surface area contributed by atoms with Crippen LogP contribution >= 0.6 is 11.6 Å². The number of nitrogens with one attached hydrogen (secondary N) is 1. The molecule has 1 atom stereocenters. The number of aromatic nitrogens is 2. The van der Waals surface area contributed by atoms with Crippen LogP contribution in [0.3, 0.4) is 0 Å². The Bertz CT molecular complexity index is 1390. The molecule has 2 fully saturated rings. The second-order valence-corrected chi connectivity index (χ2v) is 10.5. The molecule has 1 aromatic carbocycles. The fourth-order valence-electron chi connectivity index (χ4n) is 5.47. The Morgan fingerprint density at radius 2 is 2.00 bits per heavy atom. The molecule has 0 spiro atoms. The molecule has 39 heavy (non-hydrogen) atoms. The number of likely N-dealkylation sites (tertiary alicyclic amines) is 1. The molecular weight excluding hydrogens is 522 g/mol. The first-order valence-corrected chi connectivity index (χ1v) is 13.5. The monoisotopic (exact) mass is 549 g/mol. The van der Waals surface area contributed by atoms with E-state index in [9.17, 15) is 14.4 Å². The van der Waals surface area contributed by atoms with Crippen molar-refractivity contribution >= 4 is 47.3 Å². The number of carbonyl (C=O) groups is 3. The molecule has 2 saturated heterocycles. The van der Waals surface area contributed by atoms with Gasteiger partial charge < -0.3 is 19.9 Å². The first-order chi connectivity index (χ1) is 19.0. The lowest BCUT2D eigenvalue weighted by atomic mass is 9.97. The molecule has 5 heterocycles. The van der Waals surface area contributed by atoms with Crippen LogP contribution in [0.15, 0.2) is 34.4 Å². The number of rotatable bonds is 5. The highest BCUT2D eigenvalue weighted by Crippen LogP contribution is 2.32. The van der Waals surface area contributed by atoms with E-state index in [1.807, 2.05) is 12.1 Å². The number of nitrogens with zero attached hydrogens (tertiary/aromatic N) is 6. The van der Waals surface area contributed by atoms with Crippen LogP contribution < -0.4 is 5.32 Å². The summed E-state index contributed by atoms with van der Waals surface area (Å²) in [7, 11) is 0. The lowest BCUT2D eigenvalue weighted by Crippen LogP contribution is -2.41. The van der Waals surface area contributed by atoms with Gasteiger partial charge in [0.1, 0.15) is 12.9 Å². The molecule has 0 bridgehead atoms. The molecule has 4 aliphatic rings. The Morgan fingerprint density at radius 3 is 2.85 bits per heavy atom. The van der Waals surface area contributed by atoms with Crippen LogP contribution in [-0.2, 0) is 20.9 Å². The maximum atomic E-state index is 13.3. The third kappa shape index (κ3) is 5.28. The predicted octanol–water partition coefficient (Wildman–Crippen LogP) is 2.59. The lowest BCUT2D eigenvalue weighted by Gasteiger charge is -2.23. The highest BCUT2D eigenvalue weighted by molar-refractivity contribution is 6.33. The van der Waals surface area contributed by atoms with E-state index in [2.05, 4.69) is 25.3 Å². The number of carbonyl (C=O) groups excluding carboxylic acids is 3. The second-order valence-electron chi connectivity index (χ2n) is 10.1. The van der Waals surface area contributed by atoms with Crippen LogP contribution in [0.2, 0.25) is 5.02 Å². The third-order valence-electron chi connectivity index (χ3n) is 7.67. The fourth-order valence-corrected chi connectivity index (χ4v) is 5.67. The normalized spacial score (nSPS) is 21.4. The number of anilines is 1. The van der Waals surface area contributed by atoms with Crippen LogP contribution in [0, 0.1) is 5.92 Å². The van der Waals surface area contributed by atoms with E-state index in [-0.39, 0.29) is 36.2 Å². The molecule has 0 aliphatic carbocycles. The molecule has 202 valence electrons. The van der Waals surface area contributed by atoms with E-state index in [0.29, 0.717) is 73.5 Å². The van der Waals surface area contributed by atoms with Gasteiger partial charge in [0.25, 0.3) is 11.8 Å². The van der Waals surface area contributed by atoms with E-state index in [4.69, 9.17) is 16.3 Å². The van der Waals surface area contributed by atoms with Crippen molar-refractivity contribution in [3.63, 3.8) is 0 Å². The Balaban J connectivity index is 1.13. The molecule has 1 unspecified atom stereocenters. The number of amides is 3. The Morgan fingerprint density at radius 1 is 1.15 bits per heavy atom. The van der Waals surface area contributed by atoms with E-state index in [1.165, 1.54) is 6.34 Å². The summed E-state index contributed by atoms with van der Waals surface area (Å²) in [4.78, 5) is 58.8. The zero-order valence-corrected chi connectivity index (χ0v) is 22.1. The number of hydrogen-bond donors (Lipinski definition) is 1. The maximum absolute atomic E-state index is 13.3. The van der Waals surface area contributed by atoms with Gasteiger partial charge in [0, 0.05) is 62.1 Å². The summed E-state index contributed by atoms with van der Waals surface area (Å²) < 4.78 is 5.42. The molecule has 1 N–H and O–H groups in total. The van der Waals surface area contributed by atoms with Crippen molar-refractivity contribution < 1.29 is 19.1 Å². The van der Waals surface area contributed by atoms with Crippen molar-refractivity contribution in [1.82, 2.24) is 19.8 Å². The van der Waals surface area contributed by atoms with Gasteiger partial charge in [0.2, 0.25) is 11.9 Å². The van der Waals surface area contributed by atoms with Crippen molar-refractivity contribution in [1.29, 1.82) is 0 Å². The molecular formula is C27H28ClN7O4. The highest BCUT2D eigenvalue weighted by Gasteiger charge is 2.34. The molecule has 12 heteroatoms. The highest BCUT2D eigenvalue weighted by atomic mass is 35.5. The van der Waals surface area contributed by atoms with Gasteiger partial charge in [-0.3, -0.25) is 14.4 Å². The average molecular weight is 550 g/mol. The van der Waals surface area contributed by atoms with Gasteiger partial charge in [-0.2, -0.15) is 0 Å². The molecule has 0 saturated carbocycles. The number of ether oxygens (including phenoxy) is 1. The Labute approximate surface area is 230 Å². The molecule has 1 aromatic heterocycles. The number of fused-ring (bicyclic) bond motifs is 2. The first kappa shape index (κ1) is 25.6. The van der Waals surface area contributed by atoms with Crippen LogP contribution in [0.5, 0.6) is 0 Å². The van der Waals surface area contributed by atoms with Crippen LogP contribution in [0.4, 0.5) is 5.95 Å². The Hall–Kier alpha value is -3.70. The average Bonchev–Trinajstić information content (AvgIpc) is 3.10. The van der Waals surface area contributed by atoms with Gasteiger partial charge in [0.15, 0.2) is 0 Å².